The lowest BCUT2D eigenvalue weighted by atomic mass is 10.1. The second-order valence-electron chi connectivity index (χ2n) is 9.91. The Hall–Kier alpha value is -2.49. The van der Waals surface area contributed by atoms with Crippen LogP contribution in [0.1, 0.15) is 44.7 Å². The quantitative estimate of drug-likeness (QED) is 0.216. The van der Waals surface area contributed by atoms with Crippen LogP contribution in [0.25, 0.3) is 0 Å². The second-order valence-corrected chi connectivity index (χ2v) is 13.4. The molecular formula is C30H33Cl4N3O4S. The van der Waals surface area contributed by atoms with Crippen LogP contribution in [0.5, 0.6) is 0 Å². The lowest BCUT2D eigenvalue weighted by Crippen LogP contribution is -2.53. The zero-order valence-corrected chi connectivity index (χ0v) is 27.5. The Balaban J connectivity index is 2.12. The van der Waals surface area contributed by atoms with Crippen molar-refractivity contribution in [2.24, 2.45) is 0 Å². The number of anilines is 1. The fourth-order valence-corrected chi connectivity index (χ4v) is 6.43. The van der Waals surface area contributed by atoms with Crippen LogP contribution >= 0.6 is 46.4 Å². The SMILES string of the molecule is CC[C@@H](C)NC(=O)[C@@H](CC)N(Cc1ccc(Cl)c(Cl)c1)C(=O)CN(c1cccc(Cl)c1Cl)S(=O)(=O)c1ccc(C)cc1. The predicted octanol–water partition coefficient (Wildman–Crippen LogP) is 7.53. The molecule has 3 rings (SSSR count). The molecule has 0 aliphatic heterocycles. The van der Waals surface area contributed by atoms with Gasteiger partial charge in [-0.05, 0) is 68.7 Å². The number of hydrogen-bond acceptors (Lipinski definition) is 4. The molecule has 0 radical (unpaired) electrons. The van der Waals surface area contributed by atoms with Gasteiger partial charge in [-0.2, -0.15) is 0 Å². The number of benzene rings is 3. The van der Waals surface area contributed by atoms with Crippen molar-refractivity contribution in [3.63, 3.8) is 0 Å². The number of carbonyl (C=O) groups is 2. The Bertz CT molecular complexity index is 1530. The fraction of sp³-hybridized carbons (Fsp3) is 0.333. The molecule has 0 saturated heterocycles. The van der Waals surface area contributed by atoms with Gasteiger partial charge in [0.05, 0.1) is 30.7 Å². The summed E-state index contributed by atoms with van der Waals surface area (Å²) in [5.41, 5.74) is 1.51. The second kappa shape index (κ2) is 14.8. The molecular weight excluding hydrogens is 640 g/mol. The fourth-order valence-electron chi connectivity index (χ4n) is 4.23. The van der Waals surface area contributed by atoms with Crippen molar-refractivity contribution in [3.8, 4) is 0 Å². The number of sulfonamides is 1. The molecule has 3 aromatic carbocycles. The summed E-state index contributed by atoms with van der Waals surface area (Å²) in [6.45, 7) is 6.75. The molecule has 3 aromatic rings. The summed E-state index contributed by atoms with van der Waals surface area (Å²) in [6, 6.07) is 14.7. The first kappa shape index (κ1) is 34.0. The van der Waals surface area contributed by atoms with E-state index in [1.54, 1.807) is 43.3 Å². The van der Waals surface area contributed by atoms with Crippen molar-refractivity contribution in [2.75, 3.05) is 10.8 Å². The Kier molecular flexibility index (Phi) is 12.0. The standard InChI is InChI=1S/C30H33Cl4N3O4S/c1-5-20(4)35-30(39)26(6-2)36(17-21-12-15-23(31)25(33)16-21)28(38)18-37(27-9-7-8-24(32)29(27)34)42(40,41)22-13-10-19(3)11-14-22/h7-16,20,26H,5-6,17-18H2,1-4H3,(H,35,39)/t20-,26-/m1/s1. The first-order valence-corrected chi connectivity index (χ1v) is 16.3. The van der Waals surface area contributed by atoms with Crippen LogP contribution in [0.2, 0.25) is 20.1 Å². The van der Waals surface area contributed by atoms with E-state index < -0.39 is 28.5 Å². The van der Waals surface area contributed by atoms with Gasteiger partial charge in [0.25, 0.3) is 10.0 Å². The molecule has 0 unspecified atom stereocenters. The maximum absolute atomic E-state index is 14.2. The smallest absolute Gasteiger partial charge is 0.264 e. The highest BCUT2D eigenvalue weighted by molar-refractivity contribution is 7.92. The average Bonchev–Trinajstić information content (AvgIpc) is 2.95. The van der Waals surface area contributed by atoms with Crippen LogP contribution < -0.4 is 9.62 Å². The van der Waals surface area contributed by atoms with Gasteiger partial charge in [-0.15, -0.1) is 0 Å². The molecule has 226 valence electrons. The topological polar surface area (TPSA) is 86.8 Å². The summed E-state index contributed by atoms with van der Waals surface area (Å²) in [7, 11) is -4.30. The third-order valence-corrected chi connectivity index (χ3v) is 10.1. The first-order chi connectivity index (χ1) is 19.8. The van der Waals surface area contributed by atoms with E-state index in [0.717, 1.165) is 9.87 Å². The van der Waals surface area contributed by atoms with Crippen molar-refractivity contribution in [3.05, 3.63) is 91.9 Å². The molecule has 2 atom stereocenters. The van der Waals surface area contributed by atoms with Gasteiger partial charge in [0, 0.05) is 12.6 Å². The third-order valence-electron chi connectivity index (χ3n) is 6.81. The average molecular weight is 673 g/mol. The number of nitrogens with one attached hydrogen (secondary N) is 1. The van der Waals surface area contributed by atoms with Gasteiger partial charge in [-0.3, -0.25) is 13.9 Å². The molecule has 0 spiro atoms. The summed E-state index contributed by atoms with van der Waals surface area (Å²) in [4.78, 5) is 28.9. The Morgan fingerprint density at radius 2 is 1.55 bits per heavy atom. The van der Waals surface area contributed by atoms with E-state index in [1.165, 1.54) is 29.2 Å². The van der Waals surface area contributed by atoms with E-state index in [2.05, 4.69) is 5.32 Å². The van der Waals surface area contributed by atoms with Crippen molar-refractivity contribution in [1.29, 1.82) is 0 Å². The van der Waals surface area contributed by atoms with Crippen molar-refractivity contribution in [1.82, 2.24) is 10.2 Å². The summed E-state index contributed by atoms with van der Waals surface area (Å²) in [5, 5.41) is 3.65. The minimum absolute atomic E-state index is 0.0240. The predicted molar refractivity (Wildman–Crippen MR) is 171 cm³/mol. The van der Waals surface area contributed by atoms with E-state index in [0.29, 0.717) is 17.0 Å². The van der Waals surface area contributed by atoms with Crippen molar-refractivity contribution < 1.29 is 18.0 Å². The molecule has 42 heavy (non-hydrogen) atoms. The molecule has 0 bridgehead atoms. The highest BCUT2D eigenvalue weighted by atomic mass is 35.5. The van der Waals surface area contributed by atoms with Gasteiger partial charge in [0.2, 0.25) is 11.8 Å². The Morgan fingerprint density at radius 1 is 0.881 bits per heavy atom. The van der Waals surface area contributed by atoms with Gasteiger partial charge in [0.15, 0.2) is 0 Å². The van der Waals surface area contributed by atoms with E-state index >= 15 is 0 Å². The normalized spacial score (nSPS) is 12.9. The number of hydrogen-bond donors (Lipinski definition) is 1. The van der Waals surface area contributed by atoms with Crippen LogP contribution in [0.3, 0.4) is 0 Å². The molecule has 2 amide bonds. The van der Waals surface area contributed by atoms with Gasteiger partial charge >= 0.3 is 0 Å². The van der Waals surface area contributed by atoms with Gasteiger partial charge in [-0.1, -0.05) is 90.1 Å². The summed E-state index contributed by atoms with van der Waals surface area (Å²) in [5.74, 6) is -0.979. The maximum Gasteiger partial charge on any atom is 0.264 e. The minimum atomic E-state index is -4.30. The van der Waals surface area contributed by atoms with Crippen LogP contribution in [0, 0.1) is 6.92 Å². The van der Waals surface area contributed by atoms with Crippen LogP contribution in [0.4, 0.5) is 5.69 Å². The highest BCUT2D eigenvalue weighted by Gasteiger charge is 2.35. The highest BCUT2D eigenvalue weighted by Crippen LogP contribution is 2.36. The van der Waals surface area contributed by atoms with E-state index in [-0.39, 0.29) is 50.6 Å². The molecule has 1 N–H and O–H groups in total. The number of rotatable bonds is 12. The van der Waals surface area contributed by atoms with Gasteiger partial charge in [0.1, 0.15) is 12.6 Å². The molecule has 12 heteroatoms. The Morgan fingerprint density at radius 3 is 2.14 bits per heavy atom. The van der Waals surface area contributed by atoms with Crippen LogP contribution in [0.15, 0.2) is 65.6 Å². The van der Waals surface area contributed by atoms with Crippen molar-refractivity contribution >= 4 is 73.9 Å². The largest absolute Gasteiger partial charge is 0.352 e. The molecule has 0 aromatic heterocycles. The molecule has 0 heterocycles. The zero-order valence-electron chi connectivity index (χ0n) is 23.7. The van der Waals surface area contributed by atoms with Gasteiger partial charge in [-0.25, -0.2) is 8.42 Å². The first-order valence-electron chi connectivity index (χ1n) is 13.4. The van der Waals surface area contributed by atoms with E-state index in [4.69, 9.17) is 46.4 Å². The molecule has 0 aliphatic rings. The number of carbonyl (C=O) groups excluding carboxylic acids is 2. The molecule has 0 aliphatic carbocycles. The lowest BCUT2D eigenvalue weighted by Gasteiger charge is -2.34. The zero-order chi connectivity index (χ0) is 31.2. The number of nitrogens with zero attached hydrogens (tertiary/aromatic N) is 2. The van der Waals surface area contributed by atoms with E-state index in [9.17, 15) is 18.0 Å². The van der Waals surface area contributed by atoms with Crippen LogP contribution in [-0.4, -0.2) is 43.8 Å². The molecule has 7 nitrogen and oxygen atoms in total. The molecule has 0 saturated carbocycles. The lowest BCUT2D eigenvalue weighted by molar-refractivity contribution is -0.140. The number of halogens is 4. The Labute approximate surface area is 267 Å². The van der Waals surface area contributed by atoms with Gasteiger partial charge < -0.3 is 10.2 Å². The van der Waals surface area contributed by atoms with Crippen molar-refractivity contribution in [2.45, 2.75) is 64.1 Å². The third kappa shape index (κ3) is 8.11. The summed E-state index contributed by atoms with van der Waals surface area (Å²) in [6.07, 6.45) is 0.969. The minimum Gasteiger partial charge on any atom is -0.352 e. The summed E-state index contributed by atoms with van der Waals surface area (Å²) >= 11 is 25.1. The number of amides is 2. The molecule has 0 fully saturated rings. The van der Waals surface area contributed by atoms with E-state index in [1.807, 2.05) is 20.8 Å². The monoisotopic (exact) mass is 671 g/mol. The number of aryl methyl sites for hydroxylation is 1. The van der Waals surface area contributed by atoms with Crippen LogP contribution in [-0.2, 0) is 26.2 Å². The summed E-state index contributed by atoms with van der Waals surface area (Å²) < 4.78 is 28.9. The maximum atomic E-state index is 14.2.